The number of hydrogen-bond acceptors (Lipinski definition) is 7. The molecule has 2 N–H and O–H groups in total. The molecule has 0 fully saturated rings. The maximum absolute atomic E-state index is 11.5. The molecule has 2 aromatic heterocycles. The first kappa shape index (κ1) is 15.1. The number of thioether (sulfide) groups is 1. The third kappa shape index (κ3) is 4.63. The first-order valence-corrected chi connectivity index (χ1v) is 7.25. The predicted molar refractivity (Wildman–Crippen MR) is 74.6 cm³/mol. The molecule has 8 nitrogen and oxygen atoms in total. The first-order valence-electron chi connectivity index (χ1n) is 6.27. The molecule has 0 aromatic carbocycles. The second-order valence-corrected chi connectivity index (χ2v) is 4.87. The van der Waals surface area contributed by atoms with Gasteiger partial charge in [-0.25, -0.2) is 4.79 Å². The molecule has 0 bridgehead atoms. The lowest BCUT2D eigenvalue weighted by Gasteiger charge is -2.03. The van der Waals surface area contributed by atoms with Crippen LogP contribution in [0.2, 0.25) is 0 Å². The van der Waals surface area contributed by atoms with E-state index in [2.05, 4.69) is 20.8 Å². The van der Waals surface area contributed by atoms with Crippen molar-refractivity contribution in [2.24, 2.45) is 0 Å². The first-order chi connectivity index (χ1) is 10.2. The summed E-state index contributed by atoms with van der Waals surface area (Å²) in [5.74, 6) is 0.256. The van der Waals surface area contributed by atoms with Gasteiger partial charge >= 0.3 is 6.03 Å². The molecule has 21 heavy (non-hydrogen) atoms. The molecule has 2 heterocycles. The fourth-order valence-electron chi connectivity index (χ4n) is 1.34. The van der Waals surface area contributed by atoms with E-state index in [-0.39, 0.29) is 16.9 Å². The zero-order valence-corrected chi connectivity index (χ0v) is 12.1. The maximum Gasteiger partial charge on any atom is 0.321 e. The molecule has 0 atom stereocenters. The number of carbonyl (C=O) groups excluding carboxylic acids is 2. The minimum atomic E-state index is -0.510. The Bertz CT molecular complexity index is 596. The van der Waals surface area contributed by atoms with E-state index in [0.29, 0.717) is 12.3 Å². The summed E-state index contributed by atoms with van der Waals surface area (Å²) in [6.07, 6.45) is 2.29. The normalized spacial score (nSPS) is 10.3. The Kier molecular flexibility index (Phi) is 5.38. The van der Waals surface area contributed by atoms with Gasteiger partial charge in [0.25, 0.3) is 11.1 Å². The molecule has 3 amide bonds. The van der Waals surface area contributed by atoms with Gasteiger partial charge in [0.2, 0.25) is 5.91 Å². The third-order valence-electron chi connectivity index (χ3n) is 2.25. The predicted octanol–water partition coefficient (Wildman–Crippen LogP) is 1.66. The van der Waals surface area contributed by atoms with Gasteiger partial charge in [0, 0.05) is 6.54 Å². The maximum atomic E-state index is 11.5. The van der Waals surface area contributed by atoms with Crippen LogP contribution in [0.15, 0.2) is 32.5 Å². The van der Waals surface area contributed by atoms with Gasteiger partial charge in [-0.15, -0.1) is 10.2 Å². The van der Waals surface area contributed by atoms with E-state index in [4.69, 9.17) is 8.83 Å². The number of rotatable bonds is 6. The van der Waals surface area contributed by atoms with Gasteiger partial charge in [0.15, 0.2) is 5.76 Å². The van der Waals surface area contributed by atoms with E-state index >= 15 is 0 Å². The second-order valence-electron chi connectivity index (χ2n) is 3.94. The van der Waals surface area contributed by atoms with E-state index in [1.54, 1.807) is 12.1 Å². The van der Waals surface area contributed by atoms with Crippen LogP contribution in [0.5, 0.6) is 0 Å². The molecule has 0 radical (unpaired) electrons. The Morgan fingerprint density at radius 3 is 2.95 bits per heavy atom. The molecule has 112 valence electrons. The van der Waals surface area contributed by atoms with Crippen molar-refractivity contribution in [3.05, 3.63) is 18.4 Å². The second kappa shape index (κ2) is 7.48. The standard InChI is InChI=1S/C12H14N4O4S/c1-2-5-13-11(18)14-9(17)7-21-12-16-15-10(20-12)8-4-3-6-19-8/h3-4,6H,2,5,7H2,1H3,(H2,13,14,17,18). The molecule has 2 rings (SSSR count). The number of furan rings is 1. The Morgan fingerprint density at radius 2 is 2.24 bits per heavy atom. The van der Waals surface area contributed by atoms with Crippen molar-refractivity contribution in [1.82, 2.24) is 20.8 Å². The summed E-state index contributed by atoms with van der Waals surface area (Å²) in [5, 5.41) is 12.5. The summed E-state index contributed by atoms with van der Waals surface area (Å²) in [5.41, 5.74) is 0. The Labute approximate surface area is 124 Å². The average Bonchev–Trinajstić information content (AvgIpc) is 3.13. The molecular weight excluding hydrogens is 296 g/mol. The van der Waals surface area contributed by atoms with Crippen molar-refractivity contribution < 1.29 is 18.4 Å². The zero-order chi connectivity index (χ0) is 15.1. The van der Waals surface area contributed by atoms with Crippen molar-refractivity contribution in [3.63, 3.8) is 0 Å². The number of imide groups is 1. The molecular formula is C12H14N4O4S. The zero-order valence-electron chi connectivity index (χ0n) is 11.3. The van der Waals surface area contributed by atoms with Gasteiger partial charge in [-0.2, -0.15) is 0 Å². The lowest BCUT2D eigenvalue weighted by atomic mass is 10.5. The largest absolute Gasteiger partial charge is 0.459 e. The van der Waals surface area contributed by atoms with Crippen LogP contribution in [-0.4, -0.2) is 34.4 Å². The summed E-state index contributed by atoms with van der Waals surface area (Å²) < 4.78 is 10.4. The number of hydrogen-bond donors (Lipinski definition) is 2. The molecule has 0 aliphatic heterocycles. The van der Waals surface area contributed by atoms with Gasteiger partial charge in [0.1, 0.15) is 0 Å². The van der Waals surface area contributed by atoms with Crippen LogP contribution < -0.4 is 10.6 Å². The van der Waals surface area contributed by atoms with E-state index in [9.17, 15) is 9.59 Å². The molecule has 0 unspecified atom stereocenters. The summed E-state index contributed by atoms with van der Waals surface area (Å²) in [6.45, 7) is 2.44. The van der Waals surface area contributed by atoms with Crippen LogP contribution in [0, 0.1) is 0 Å². The summed E-state index contributed by atoms with van der Waals surface area (Å²) in [6, 6.07) is 2.88. The molecule has 0 aliphatic rings. The molecule has 0 saturated heterocycles. The number of aromatic nitrogens is 2. The van der Waals surface area contributed by atoms with Crippen LogP contribution in [0.25, 0.3) is 11.7 Å². The van der Waals surface area contributed by atoms with Gasteiger partial charge in [-0.05, 0) is 18.6 Å². The third-order valence-corrected chi connectivity index (χ3v) is 3.07. The topological polar surface area (TPSA) is 110 Å². The summed E-state index contributed by atoms with van der Waals surface area (Å²) >= 11 is 1.04. The van der Waals surface area contributed by atoms with Crippen molar-refractivity contribution in [3.8, 4) is 11.7 Å². The van der Waals surface area contributed by atoms with Gasteiger partial charge in [0.05, 0.1) is 12.0 Å². The minimum absolute atomic E-state index is 0.000662. The van der Waals surface area contributed by atoms with Crippen LogP contribution in [0.4, 0.5) is 4.79 Å². The Morgan fingerprint density at radius 1 is 1.38 bits per heavy atom. The SMILES string of the molecule is CCCNC(=O)NC(=O)CSc1nnc(-c2ccco2)o1. The van der Waals surface area contributed by atoms with Gasteiger partial charge < -0.3 is 14.2 Å². The highest BCUT2D eigenvalue weighted by atomic mass is 32.2. The lowest BCUT2D eigenvalue weighted by Crippen LogP contribution is -2.40. The number of nitrogens with one attached hydrogen (secondary N) is 2. The summed E-state index contributed by atoms with van der Waals surface area (Å²) in [4.78, 5) is 22.8. The quantitative estimate of drug-likeness (QED) is 0.780. The van der Waals surface area contributed by atoms with Crippen LogP contribution in [0.1, 0.15) is 13.3 Å². The molecule has 0 saturated carbocycles. The Balaban J connectivity index is 1.78. The Hall–Kier alpha value is -2.29. The van der Waals surface area contributed by atoms with Gasteiger partial charge in [-0.3, -0.25) is 10.1 Å². The highest BCUT2D eigenvalue weighted by Gasteiger charge is 2.13. The van der Waals surface area contributed by atoms with Crippen molar-refractivity contribution in [1.29, 1.82) is 0 Å². The molecule has 0 aliphatic carbocycles. The van der Waals surface area contributed by atoms with E-state index in [0.717, 1.165) is 18.2 Å². The van der Waals surface area contributed by atoms with E-state index in [1.165, 1.54) is 6.26 Å². The highest BCUT2D eigenvalue weighted by molar-refractivity contribution is 7.99. The fraction of sp³-hybridized carbons (Fsp3) is 0.333. The monoisotopic (exact) mass is 310 g/mol. The molecule has 9 heteroatoms. The van der Waals surface area contributed by atoms with Crippen molar-refractivity contribution in [2.45, 2.75) is 18.6 Å². The van der Waals surface area contributed by atoms with Crippen LogP contribution in [0.3, 0.4) is 0 Å². The number of carbonyl (C=O) groups is 2. The number of nitrogens with zero attached hydrogens (tertiary/aromatic N) is 2. The van der Waals surface area contributed by atoms with Gasteiger partial charge in [-0.1, -0.05) is 18.7 Å². The van der Waals surface area contributed by atoms with E-state index < -0.39 is 11.9 Å². The molecule has 2 aromatic rings. The number of amides is 3. The lowest BCUT2D eigenvalue weighted by molar-refractivity contribution is -0.117. The minimum Gasteiger partial charge on any atom is -0.459 e. The number of urea groups is 1. The van der Waals surface area contributed by atoms with Crippen LogP contribution >= 0.6 is 11.8 Å². The summed E-state index contributed by atoms with van der Waals surface area (Å²) in [7, 11) is 0. The highest BCUT2D eigenvalue weighted by Crippen LogP contribution is 2.22. The fourth-order valence-corrected chi connectivity index (χ4v) is 1.90. The molecule has 0 spiro atoms. The van der Waals surface area contributed by atoms with Crippen LogP contribution in [-0.2, 0) is 4.79 Å². The van der Waals surface area contributed by atoms with Crippen molar-refractivity contribution in [2.75, 3.05) is 12.3 Å². The van der Waals surface area contributed by atoms with Crippen molar-refractivity contribution >= 4 is 23.7 Å². The van der Waals surface area contributed by atoms with E-state index in [1.807, 2.05) is 6.92 Å². The average molecular weight is 310 g/mol. The smallest absolute Gasteiger partial charge is 0.321 e.